The van der Waals surface area contributed by atoms with Gasteiger partial charge in [0.15, 0.2) is 0 Å². The first-order valence-corrected chi connectivity index (χ1v) is 10.7. The summed E-state index contributed by atoms with van der Waals surface area (Å²) in [5.41, 5.74) is 3.42. The maximum Gasteiger partial charge on any atom is 0.248 e. The first-order valence-electron chi connectivity index (χ1n) is 10.7. The Morgan fingerprint density at radius 2 is 1.74 bits per heavy atom. The maximum atomic E-state index is 13.5. The lowest BCUT2D eigenvalue weighted by Crippen LogP contribution is -2.52. The molecule has 0 N–H and O–H groups in total. The maximum absolute atomic E-state index is 13.5. The van der Waals surface area contributed by atoms with E-state index in [1.54, 1.807) is 18.2 Å². The van der Waals surface area contributed by atoms with Crippen LogP contribution in [0.5, 0.6) is 5.75 Å². The summed E-state index contributed by atoms with van der Waals surface area (Å²) in [7, 11) is 5.35. The topological polar surface area (TPSA) is 45.7 Å². The molecule has 0 saturated carbocycles. The van der Waals surface area contributed by atoms with Crippen molar-refractivity contribution >= 4 is 5.91 Å². The molecule has 5 nitrogen and oxygen atoms in total. The molecule has 160 valence electrons. The van der Waals surface area contributed by atoms with Crippen LogP contribution in [0.15, 0.2) is 72.9 Å². The number of benzene rings is 2. The van der Waals surface area contributed by atoms with Gasteiger partial charge in [0, 0.05) is 32.4 Å². The van der Waals surface area contributed by atoms with Crippen LogP contribution in [0.1, 0.15) is 24.1 Å². The van der Waals surface area contributed by atoms with E-state index in [-0.39, 0.29) is 5.91 Å². The van der Waals surface area contributed by atoms with Crippen LogP contribution in [-0.2, 0) is 16.9 Å². The molecule has 3 aromatic rings. The number of likely N-dealkylation sites (N-methyl/N-ethyl adjacent to an activating group) is 1. The summed E-state index contributed by atoms with van der Waals surface area (Å²) in [4.78, 5) is 22.2. The van der Waals surface area contributed by atoms with Gasteiger partial charge in [-0.1, -0.05) is 48.5 Å². The van der Waals surface area contributed by atoms with Gasteiger partial charge in [0.05, 0.1) is 12.8 Å². The van der Waals surface area contributed by atoms with Crippen LogP contribution in [0.2, 0.25) is 0 Å². The normalized spacial score (nSPS) is 18.7. The Kier molecular flexibility index (Phi) is 6.05. The fourth-order valence-electron chi connectivity index (χ4n) is 4.70. The van der Waals surface area contributed by atoms with Crippen molar-refractivity contribution in [1.82, 2.24) is 14.8 Å². The minimum absolute atomic E-state index is 0.0819. The van der Waals surface area contributed by atoms with Crippen LogP contribution < -0.4 is 4.74 Å². The van der Waals surface area contributed by atoms with Crippen molar-refractivity contribution in [2.75, 3.05) is 27.7 Å². The number of carbonyl (C=O) groups excluding carboxylic acids is 1. The van der Waals surface area contributed by atoms with E-state index in [1.807, 2.05) is 56.6 Å². The van der Waals surface area contributed by atoms with E-state index in [0.717, 1.165) is 42.0 Å². The number of methoxy groups -OCH3 is 1. The standard InChI is InChI=1S/C26H29N3O2/c1-28(2)25(30)26(24-15-8-9-17-27-24)16-10-18-29(26)19-20-11-4-5-12-21(20)22-13-6-7-14-23(22)31-3/h4-9,11-15,17H,10,16,18-19H2,1-3H3/t26-/m0/s1. The molecule has 1 atom stereocenters. The predicted octanol–water partition coefficient (Wildman–Crippen LogP) is 4.34. The molecule has 1 aliphatic heterocycles. The molecule has 0 bridgehead atoms. The molecule has 2 aromatic carbocycles. The van der Waals surface area contributed by atoms with Crippen LogP contribution in [0, 0.1) is 0 Å². The number of carbonyl (C=O) groups is 1. The van der Waals surface area contributed by atoms with Crippen molar-refractivity contribution in [2.45, 2.75) is 24.9 Å². The average molecular weight is 416 g/mol. The fourth-order valence-corrected chi connectivity index (χ4v) is 4.70. The molecule has 2 heterocycles. The second-order valence-electron chi connectivity index (χ2n) is 8.16. The van der Waals surface area contributed by atoms with Crippen LogP contribution in [-0.4, -0.2) is 48.4 Å². The Morgan fingerprint density at radius 1 is 1.03 bits per heavy atom. The minimum Gasteiger partial charge on any atom is -0.496 e. The van der Waals surface area contributed by atoms with Crippen LogP contribution >= 0.6 is 0 Å². The lowest BCUT2D eigenvalue weighted by molar-refractivity contribution is -0.141. The second-order valence-corrected chi connectivity index (χ2v) is 8.16. The van der Waals surface area contributed by atoms with Gasteiger partial charge in [0.25, 0.3) is 0 Å². The number of likely N-dealkylation sites (tertiary alicyclic amines) is 1. The van der Waals surface area contributed by atoms with E-state index >= 15 is 0 Å². The number of nitrogens with zero attached hydrogens (tertiary/aromatic N) is 3. The zero-order chi connectivity index (χ0) is 21.8. The molecule has 0 spiro atoms. The van der Waals surface area contributed by atoms with Crippen molar-refractivity contribution in [1.29, 1.82) is 0 Å². The molecular weight excluding hydrogens is 386 g/mol. The quantitative estimate of drug-likeness (QED) is 0.601. The van der Waals surface area contributed by atoms with Crippen LogP contribution in [0.25, 0.3) is 11.1 Å². The van der Waals surface area contributed by atoms with Gasteiger partial charge in [-0.2, -0.15) is 0 Å². The highest BCUT2D eigenvalue weighted by Gasteiger charge is 2.50. The highest BCUT2D eigenvalue weighted by Crippen LogP contribution is 2.42. The van der Waals surface area contributed by atoms with E-state index in [9.17, 15) is 4.79 Å². The van der Waals surface area contributed by atoms with Gasteiger partial charge in [-0.05, 0) is 48.7 Å². The van der Waals surface area contributed by atoms with Gasteiger partial charge in [-0.25, -0.2) is 0 Å². The summed E-state index contributed by atoms with van der Waals surface area (Å²) in [6.45, 7) is 1.50. The zero-order valence-corrected chi connectivity index (χ0v) is 18.4. The van der Waals surface area contributed by atoms with E-state index < -0.39 is 5.54 Å². The summed E-state index contributed by atoms with van der Waals surface area (Å²) >= 11 is 0. The van der Waals surface area contributed by atoms with Crippen LogP contribution in [0.3, 0.4) is 0 Å². The third-order valence-corrected chi connectivity index (χ3v) is 6.13. The Bertz CT molecular complexity index is 1050. The average Bonchev–Trinajstić information content (AvgIpc) is 3.23. The molecule has 31 heavy (non-hydrogen) atoms. The van der Waals surface area contributed by atoms with Gasteiger partial charge in [0.2, 0.25) is 5.91 Å². The molecule has 1 aromatic heterocycles. The van der Waals surface area contributed by atoms with Gasteiger partial charge >= 0.3 is 0 Å². The highest BCUT2D eigenvalue weighted by molar-refractivity contribution is 5.87. The van der Waals surface area contributed by atoms with Crippen molar-refractivity contribution in [3.8, 4) is 16.9 Å². The zero-order valence-electron chi connectivity index (χ0n) is 18.4. The number of rotatable bonds is 6. The summed E-state index contributed by atoms with van der Waals surface area (Å²) in [6, 6.07) is 22.3. The van der Waals surface area contributed by atoms with Gasteiger partial charge < -0.3 is 9.64 Å². The number of aromatic nitrogens is 1. The summed E-state index contributed by atoms with van der Waals surface area (Å²) in [5.74, 6) is 0.926. The van der Waals surface area contributed by atoms with Gasteiger partial charge in [-0.3, -0.25) is 14.7 Å². The smallest absolute Gasteiger partial charge is 0.248 e. The number of para-hydroxylation sites is 1. The van der Waals surface area contributed by atoms with Crippen molar-refractivity contribution in [3.63, 3.8) is 0 Å². The Balaban J connectivity index is 1.78. The van der Waals surface area contributed by atoms with Crippen LogP contribution in [0.4, 0.5) is 0 Å². The van der Waals surface area contributed by atoms with Crippen molar-refractivity contribution in [3.05, 3.63) is 84.2 Å². The second kappa shape index (κ2) is 8.90. The van der Waals surface area contributed by atoms with E-state index in [1.165, 1.54) is 5.56 Å². The number of amides is 1. The molecule has 5 heteroatoms. The Labute approximate surface area is 184 Å². The fraction of sp³-hybridized carbons (Fsp3) is 0.308. The molecule has 0 unspecified atom stereocenters. The Morgan fingerprint density at radius 3 is 2.45 bits per heavy atom. The molecule has 1 amide bonds. The molecular formula is C26H29N3O2. The summed E-state index contributed by atoms with van der Waals surface area (Å²) < 4.78 is 5.62. The lowest BCUT2D eigenvalue weighted by atomic mass is 9.88. The van der Waals surface area contributed by atoms with Crippen molar-refractivity contribution < 1.29 is 9.53 Å². The molecule has 1 saturated heterocycles. The summed E-state index contributed by atoms with van der Waals surface area (Å²) in [5, 5.41) is 0. The largest absolute Gasteiger partial charge is 0.496 e. The monoisotopic (exact) mass is 415 g/mol. The lowest BCUT2D eigenvalue weighted by Gasteiger charge is -2.38. The minimum atomic E-state index is -0.751. The van der Waals surface area contributed by atoms with E-state index in [2.05, 4.69) is 34.1 Å². The SMILES string of the molecule is COc1ccccc1-c1ccccc1CN1CCC[C@@]1(C(=O)N(C)C)c1ccccn1. The third-order valence-electron chi connectivity index (χ3n) is 6.13. The number of hydrogen-bond acceptors (Lipinski definition) is 4. The third kappa shape index (κ3) is 3.81. The number of ether oxygens (including phenoxy) is 1. The molecule has 0 aliphatic carbocycles. The van der Waals surface area contributed by atoms with Crippen molar-refractivity contribution in [2.24, 2.45) is 0 Å². The highest BCUT2D eigenvalue weighted by atomic mass is 16.5. The van der Waals surface area contributed by atoms with E-state index in [0.29, 0.717) is 6.54 Å². The molecule has 1 fully saturated rings. The number of hydrogen-bond donors (Lipinski definition) is 0. The number of pyridine rings is 1. The first kappa shape index (κ1) is 21.1. The first-order chi connectivity index (χ1) is 15.1. The summed E-state index contributed by atoms with van der Waals surface area (Å²) in [6.07, 6.45) is 3.49. The molecule has 4 rings (SSSR count). The molecule has 1 aliphatic rings. The van der Waals surface area contributed by atoms with Gasteiger partial charge in [-0.15, -0.1) is 0 Å². The van der Waals surface area contributed by atoms with E-state index in [4.69, 9.17) is 4.74 Å². The van der Waals surface area contributed by atoms with Gasteiger partial charge in [0.1, 0.15) is 11.3 Å². The molecule has 0 radical (unpaired) electrons. The predicted molar refractivity (Wildman–Crippen MR) is 123 cm³/mol. The Hall–Kier alpha value is -3.18.